The third kappa shape index (κ3) is 2.77. The predicted molar refractivity (Wildman–Crippen MR) is 98.6 cm³/mol. The van der Waals surface area contributed by atoms with Crippen LogP contribution in [0, 0.1) is 0 Å². The molecule has 5 nitrogen and oxygen atoms in total. The van der Waals surface area contributed by atoms with Gasteiger partial charge in [0.1, 0.15) is 11.6 Å². The summed E-state index contributed by atoms with van der Waals surface area (Å²) in [4.78, 5) is 8.01. The zero-order valence-corrected chi connectivity index (χ0v) is 14.4. The number of aromatic nitrogens is 3. The summed E-state index contributed by atoms with van der Waals surface area (Å²) in [5.41, 5.74) is 2.19. The van der Waals surface area contributed by atoms with Gasteiger partial charge < -0.3 is 14.5 Å². The van der Waals surface area contributed by atoms with Crippen molar-refractivity contribution in [3.8, 4) is 10.9 Å². The van der Waals surface area contributed by atoms with E-state index >= 15 is 0 Å². The van der Waals surface area contributed by atoms with Crippen LogP contribution in [0.25, 0.3) is 21.8 Å². The summed E-state index contributed by atoms with van der Waals surface area (Å²) in [6.07, 6.45) is 1.97. The van der Waals surface area contributed by atoms with Crippen LogP contribution < -0.4 is 4.74 Å². The molecule has 0 saturated carbocycles. The molecule has 0 unspecified atom stereocenters. The van der Waals surface area contributed by atoms with E-state index in [0.717, 1.165) is 48.7 Å². The first kappa shape index (κ1) is 14.9. The quantitative estimate of drug-likeness (QED) is 0.573. The number of benzene rings is 2. The fraction of sp³-hybridized carbons (Fsp3) is 0.263. The molecule has 1 aliphatic rings. The van der Waals surface area contributed by atoms with Gasteiger partial charge in [0.2, 0.25) is 0 Å². The number of hydrogen-bond donors (Lipinski definition) is 1. The van der Waals surface area contributed by atoms with Crippen molar-refractivity contribution in [1.29, 1.82) is 0 Å². The number of fused-ring (bicyclic) bond motifs is 3. The summed E-state index contributed by atoms with van der Waals surface area (Å²) in [6.45, 7) is 1.58. The lowest BCUT2D eigenvalue weighted by molar-refractivity contribution is 0.0837. The van der Waals surface area contributed by atoms with Gasteiger partial charge in [-0.15, -0.1) is 0 Å². The zero-order chi connectivity index (χ0) is 16.6. The Morgan fingerprint density at radius 2 is 1.88 bits per heavy atom. The topological polar surface area (TPSA) is 60.0 Å². The van der Waals surface area contributed by atoms with E-state index in [9.17, 15) is 0 Å². The second kappa shape index (κ2) is 6.13. The van der Waals surface area contributed by atoms with Crippen molar-refractivity contribution < 1.29 is 9.47 Å². The molecule has 2 aromatic heterocycles. The minimum absolute atomic E-state index is 0.388. The minimum Gasteiger partial charge on any atom is -0.430 e. The molecule has 0 spiro atoms. The van der Waals surface area contributed by atoms with Crippen LogP contribution in [0.4, 0.5) is 0 Å². The van der Waals surface area contributed by atoms with Crippen molar-refractivity contribution in [2.75, 3.05) is 13.2 Å². The molecule has 1 aliphatic heterocycles. The molecule has 1 N–H and O–H groups in total. The number of nitrogens with zero attached hydrogens (tertiary/aromatic N) is 2. The van der Waals surface area contributed by atoms with E-state index in [0.29, 0.717) is 11.1 Å². The first-order valence-corrected chi connectivity index (χ1v) is 9.24. The summed E-state index contributed by atoms with van der Waals surface area (Å²) >= 11 is 1.31. The second-order valence-electron chi connectivity index (χ2n) is 6.29. The van der Waals surface area contributed by atoms with Gasteiger partial charge in [0.05, 0.1) is 5.52 Å². The highest BCUT2D eigenvalue weighted by molar-refractivity contribution is 7.07. The fourth-order valence-electron chi connectivity index (χ4n) is 3.38. The maximum Gasteiger partial charge on any atom is 0.298 e. The largest absolute Gasteiger partial charge is 0.430 e. The van der Waals surface area contributed by atoms with Crippen LogP contribution in [0.3, 0.4) is 0 Å². The lowest BCUT2D eigenvalue weighted by Crippen LogP contribution is -2.15. The number of hydrogen-bond acceptors (Lipinski definition) is 5. The Morgan fingerprint density at radius 3 is 2.80 bits per heavy atom. The van der Waals surface area contributed by atoms with Crippen LogP contribution in [0.1, 0.15) is 24.6 Å². The molecular formula is C19H17N3O2S. The Kier molecular flexibility index (Phi) is 3.64. The molecule has 1 saturated heterocycles. The first-order chi connectivity index (χ1) is 12.4. The van der Waals surface area contributed by atoms with Gasteiger partial charge in [0.25, 0.3) is 5.19 Å². The Balaban J connectivity index is 1.42. The van der Waals surface area contributed by atoms with E-state index in [-0.39, 0.29) is 0 Å². The number of ether oxygens (including phenoxy) is 2. The fourth-order valence-corrected chi connectivity index (χ4v) is 4.01. The van der Waals surface area contributed by atoms with Gasteiger partial charge in [-0.05, 0) is 31.0 Å². The average molecular weight is 351 g/mol. The number of para-hydroxylation sites is 1. The summed E-state index contributed by atoms with van der Waals surface area (Å²) in [7, 11) is 0. The van der Waals surface area contributed by atoms with Crippen molar-refractivity contribution in [1.82, 2.24) is 14.3 Å². The molecule has 6 heteroatoms. The molecule has 0 atom stereocenters. The third-order valence-corrected chi connectivity index (χ3v) is 5.30. The normalized spacial score (nSPS) is 15.8. The number of aromatic amines is 1. The summed E-state index contributed by atoms with van der Waals surface area (Å²) in [5.74, 6) is 2.04. The highest BCUT2D eigenvalue weighted by Gasteiger charge is 2.21. The predicted octanol–water partition coefficient (Wildman–Crippen LogP) is 4.86. The van der Waals surface area contributed by atoms with Crippen molar-refractivity contribution in [2.45, 2.75) is 18.8 Å². The van der Waals surface area contributed by atoms with Crippen molar-refractivity contribution >= 4 is 33.3 Å². The first-order valence-electron chi connectivity index (χ1n) is 8.46. The maximum atomic E-state index is 5.95. The minimum atomic E-state index is 0.388. The molecule has 1 fully saturated rings. The molecule has 0 radical (unpaired) electrons. The van der Waals surface area contributed by atoms with E-state index in [1.165, 1.54) is 22.3 Å². The standard InChI is InChI=1S/C19H17N3O2S/c1-2-4-16-14(3-1)15-6-5-13(11-17(15)20-16)24-19-21-18(22-25-19)12-7-9-23-10-8-12/h1-6,11-12,20H,7-10H2. The highest BCUT2D eigenvalue weighted by Crippen LogP contribution is 2.32. The number of nitrogens with one attached hydrogen (secondary N) is 1. The summed E-state index contributed by atoms with van der Waals surface area (Å²) in [6, 6.07) is 14.4. The smallest absolute Gasteiger partial charge is 0.298 e. The summed E-state index contributed by atoms with van der Waals surface area (Å²) < 4.78 is 15.8. The van der Waals surface area contributed by atoms with Gasteiger partial charge in [-0.2, -0.15) is 9.36 Å². The van der Waals surface area contributed by atoms with Crippen molar-refractivity contribution in [3.63, 3.8) is 0 Å². The molecule has 2 aromatic carbocycles. The molecule has 126 valence electrons. The molecule has 0 bridgehead atoms. The van der Waals surface area contributed by atoms with Crippen LogP contribution >= 0.6 is 11.5 Å². The Bertz CT molecular complexity index is 1030. The third-order valence-electron chi connectivity index (χ3n) is 4.69. The average Bonchev–Trinajstić information content (AvgIpc) is 3.26. The lowest BCUT2D eigenvalue weighted by Gasteiger charge is -2.18. The number of H-pyrrole nitrogens is 1. The van der Waals surface area contributed by atoms with E-state index < -0.39 is 0 Å². The van der Waals surface area contributed by atoms with Crippen LogP contribution in [0.2, 0.25) is 0 Å². The van der Waals surface area contributed by atoms with Gasteiger partial charge in [-0.1, -0.05) is 18.2 Å². The Labute approximate surface area is 148 Å². The SMILES string of the molecule is c1ccc2c(c1)[nH]c1cc(Oc3nc(C4CCOCC4)ns3)ccc12. The molecule has 0 amide bonds. The van der Waals surface area contributed by atoms with Crippen LogP contribution in [0.5, 0.6) is 10.9 Å². The highest BCUT2D eigenvalue weighted by atomic mass is 32.1. The lowest BCUT2D eigenvalue weighted by atomic mass is 10.00. The molecule has 25 heavy (non-hydrogen) atoms. The van der Waals surface area contributed by atoms with Crippen molar-refractivity contribution in [3.05, 3.63) is 48.3 Å². The summed E-state index contributed by atoms with van der Waals surface area (Å²) in [5, 5.41) is 3.02. The van der Waals surface area contributed by atoms with E-state index in [4.69, 9.17) is 9.47 Å². The molecule has 0 aliphatic carbocycles. The van der Waals surface area contributed by atoms with Crippen LogP contribution in [0.15, 0.2) is 42.5 Å². The van der Waals surface area contributed by atoms with Crippen LogP contribution in [-0.4, -0.2) is 27.6 Å². The van der Waals surface area contributed by atoms with Gasteiger partial charge in [0.15, 0.2) is 0 Å². The molecule has 3 heterocycles. The number of rotatable bonds is 3. The van der Waals surface area contributed by atoms with E-state index in [1.807, 2.05) is 18.2 Å². The van der Waals surface area contributed by atoms with Crippen molar-refractivity contribution in [2.24, 2.45) is 0 Å². The Morgan fingerprint density at radius 1 is 1.04 bits per heavy atom. The maximum absolute atomic E-state index is 5.95. The van der Waals surface area contributed by atoms with E-state index in [1.54, 1.807) is 0 Å². The molecular weight excluding hydrogens is 334 g/mol. The van der Waals surface area contributed by atoms with Gasteiger partial charge in [0, 0.05) is 53.0 Å². The molecule has 5 rings (SSSR count). The zero-order valence-electron chi connectivity index (χ0n) is 13.6. The Hall–Kier alpha value is -2.44. The second-order valence-corrected chi connectivity index (χ2v) is 7.00. The van der Waals surface area contributed by atoms with Gasteiger partial charge in [-0.25, -0.2) is 0 Å². The van der Waals surface area contributed by atoms with Crippen LogP contribution in [-0.2, 0) is 4.74 Å². The monoisotopic (exact) mass is 351 g/mol. The van der Waals surface area contributed by atoms with Gasteiger partial charge in [-0.3, -0.25) is 0 Å². The molecule has 4 aromatic rings. The van der Waals surface area contributed by atoms with E-state index in [2.05, 4.69) is 38.6 Å². The van der Waals surface area contributed by atoms with Gasteiger partial charge >= 0.3 is 0 Å².